The van der Waals surface area contributed by atoms with Crippen LogP contribution in [-0.4, -0.2) is 9.97 Å². The lowest BCUT2D eigenvalue weighted by Crippen LogP contribution is -2.00. The quantitative estimate of drug-likeness (QED) is 0.113. The molecule has 5 rings (SSSR count). The second kappa shape index (κ2) is 15.1. The Bertz CT molecular complexity index is 2170. The summed E-state index contributed by atoms with van der Waals surface area (Å²) in [4.78, 5) is 9.52. The molecule has 0 saturated heterocycles. The van der Waals surface area contributed by atoms with Crippen molar-refractivity contribution in [2.45, 2.75) is 20.8 Å². The lowest BCUT2D eigenvalue weighted by atomic mass is 9.97. The molecule has 238 valence electrons. The van der Waals surface area contributed by atoms with E-state index >= 15 is 0 Å². The van der Waals surface area contributed by atoms with E-state index in [1.807, 2.05) is 43.4 Å². The first-order chi connectivity index (χ1) is 23.3. The molecule has 1 unspecified atom stereocenters. The maximum Gasteiger partial charge on any atom is 0.0943 e. The largest absolute Gasteiger partial charge is 0.398 e. The molecule has 0 saturated carbocycles. The number of aromatic nitrogens is 2. The van der Waals surface area contributed by atoms with Gasteiger partial charge in [0, 0.05) is 28.2 Å². The van der Waals surface area contributed by atoms with Gasteiger partial charge in [-0.2, -0.15) is 0 Å². The molecule has 48 heavy (non-hydrogen) atoms. The monoisotopic (exact) mass is 626 g/mol. The van der Waals surface area contributed by atoms with E-state index in [0.717, 1.165) is 72.0 Å². The molecule has 0 spiro atoms. The summed E-state index contributed by atoms with van der Waals surface area (Å²) in [5, 5.41) is 2.09. The van der Waals surface area contributed by atoms with Crippen molar-refractivity contribution in [1.29, 1.82) is 0 Å². The molecule has 0 aliphatic carbocycles. The molecule has 0 amide bonds. The minimum Gasteiger partial charge on any atom is -0.398 e. The maximum absolute atomic E-state index is 6.48. The Hall–Kier alpha value is -6.00. The number of hydrogen-bond acceptors (Lipinski definition) is 4. The number of anilines is 1. The van der Waals surface area contributed by atoms with Crippen molar-refractivity contribution in [2.75, 3.05) is 5.73 Å². The van der Waals surface area contributed by atoms with Crippen LogP contribution in [-0.2, 0) is 0 Å². The summed E-state index contributed by atoms with van der Waals surface area (Å²) in [6.45, 7) is 17.8. The Morgan fingerprint density at radius 1 is 0.875 bits per heavy atom. The van der Waals surface area contributed by atoms with Gasteiger partial charge in [-0.3, -0.25) is 4.98 Å². The number of rotatable bonds is 11. The summed E-state index contributed by atoms with van der Waals surface area (Å²) in [5.41, 5.74) is 25.3. The van der Waals surface area contributed by atoms with Crippen LogP contribution >= 0.6 is 0 Å². The first kappa shape index (κ1) is 33.4. The van der Waals surface area contributed by atoms with Gasteiger partial charge >= 0.3 is 0 Å². The lowest BCUT2D eigenvalue weighted by Gasteiger charge is -2.11. The van der Waals surface area contributed by atoms with E-state index in [2.05, 4.69) is 117 Å². The van der Waals surface area contributed by atoms with Crippen LogP contribution in [0.4, 0.5) is 5.69 Å². The Balaban J connectivity index is 1.34. The zero-order valence-electron chi connectivity index (χ0n) is 27.9. The third kappa shape index (κ3) is 7.19. The van der Waals surface area contributed by atoms with Gasteiger partial charge in [0.15, 0.2) is 0 Å². The van der Waals surface area contributed by atoms with E-state index in [0.29, 0.717) is 11.4 Å². The highest BCUT2D eigenvalue weighted by atomic mass is 14.7. The third-order valence-electron chi connectivity index (χ3n) is 8.64. The van der Waals surface area contributed by atoms with Crippen molar-refractivity contribution in [2.24, 2.45) is 11.7 Å². The van der Waals surface area contributed by atoms with Gasteiger partial charge in [-0.1, -0.05) is 124 Å². The SMILES string of the molecule is C=C/C=C(\C=C)C(C)\C=C/C(=C/C)C(/N)=C\C=C(/C)c1ccc2nc(-c3ccc(-c4ccnc5c(N)c(C=C)ccc45)cc3)ccc2c1. The van der Waals surface area contributed by atoms with Gasteiger partial charge < -0.3 is 11.5 Å². The second-order valence-corrected chi connectivity index (χ2v) is 11.7. The van der Waals surface area contributed by atoms with Crippen molar-refractivity contribution in [3.63, 3.8) is 0 Å². The highest BCUT2D eigenvalue weighted by molar-refractivity contribution is 6.02. The summed E-state index contributed by atoms with van der Waals surface area (Å²) < 4.78 is 0. The highest BCUT2D eigenvalue weighted by Gasteiger charge is 2.10. The zero-order chi connectivity index (χ0) is 34.2. The van der Waals surface area contributed by atoms with E-state index in [9.17, 15) is 0 Å². The standard InChI is InChI=1S/C44H42N4/c1-7-11-31(8-2)29(5)12-14-32(9-3)40(45)23-13-30(6)36-20-24-42-37(28-36)21-25-41(48-42)35-17-15-34(16-18-35)38-26-27-47-44-39(38)22-19-33(10-4)43(44)46/h7-29H,1-2,4,45-46H2,3,5-6H3/b14-12-,30-13+,31-11+,32-9-,40-23+. The van der Waals surface area contributed by atoms with Gasteiger partial charge in [0.1, 0.15) is 0 Å². The molecule has 0 fully saturated rings. The van der Waals surface area contributed by atoms with Gasteiger partial charge in [-0.15, -0.1) is 0 Å². The van der Waals surface area contributed by atoms with E-state index in [1.54, 1.807) is 18.3 Å². The Labute approximate surface area is 284 Å². The fourth-order valence-corrected chi connectivity index (χ4v) is 5.71. The van der Waals surface area contributed by atoms with Crippen LogP contribution in [0.15, 0.2) is 164 Å². The number of nitrogens with zero attached hydrogens (tertiary/aromatic N) is 2. The van der Waals surface area contributed by atoms with Crippen molar-refractivity contribution < 1.29 is 0 Å². The number of nitrogens with two attached hydrogens (primary N) is 2. The van der Waals surface area contributed by atoms with Gasteiger partial charge in [0.2, 0.25) is 0 Å². The van der Waals surface area contributed by atoms with Crippen LogP contribution in [0.25, 0.3) is 55.8 Å². The summed E-state index contributed by atoms with van der Waals surface area (Å²) in [6.07, 6.45) is 19.4. The molecule has 0 radical (unpaired) electrons. The molecule has 0 aliphatic heterocycles. The Kier molecular flexibility index (Phi) is 10.5. The smallest absolute Gasteiger partial charge is 0.0943 e. The van der Waals surface area contributed by atoms with Gasteiger partial charge in [-0.25, -0.2) is 4.98 Å². The fourth-order valence-electron chi connectivity index (χ4n) is 5.71. The predicted octanol–water partition coefficient (Wildman–Crippen LogP) is 11.0. The second-order valence-electron chi connectivity index (χ2n) is 11.7. The van der Waals surface area contributed by atoms with Gasteiger partial charge in [0.25, 0.3) is 0 Å². The van der Waals surface area contributed by atoms with Crippen LogP contribution in [0.1, 0.15) is 31.9 Å². The number of pyridine rings is 2. The third-order valence-corrected chi connectivity index (χ3v) is 8.64. The number of hydrogen-bond donors (Lipinski definition) is 2. The van der Waals surface area contributed by atoms with Crippen LogP contribution < -0.4 is 11.5 Å². The van der Waals surface area contributed by atoms with Crippen molar-refractivity contribution in [3.8, 4) is 22.4 Å². The Morgan fingerprint density at radius 3 is 2.35 bits per heavy atom. The molecule has 1 atom stereocenters. The van der Waals surface area contributed by atoms with Crippen LogP contribution in [0.5, 0.6) is 0 Å². The summed E-state index contributed by atoms with van der Waals surface area (Å²) in [5.74, 6) is 0.200. The summed E-state index contributed by atoms with van der Waals surface area (Å²) in [6, 6.07) is 25.1. The normalized spacial score (nSPS) is 13.6. The summed E-state index contributed by atoms with van der Waals surface area (Å²) >= 11 is 0. The minimum absolute atomic E-state index is 0.200. The molecular weight excluding hydrogens is 585 g/mol. The fraction of sp³-hybridized carbons (Fsp3) is 0.0909. The molecule has 0 aliphatic rings. The number of allylic oxidation sites excluding steroid dienone is 10. The molecular formula is C44H42N4. The van der Waals surface area contributed by atoms with Crippen molar-refractivity contribution >= 4 is 39.1 Å². The molecule has 5 aromatic rings. The molecule has 0 bridgehead atoms. The molecule has 2 heterocycles. The average Bonchev–Trinajstić information content (AvgIpc) is 3.12. The van der Waals surface area contributed by atoms with Gasteiger partial charge in [-0.05, 0) is 89.1 Å². The van der Waals surface area contributed by atoms with Crippen molar-refractivity contribution in [3.05, 3.63) is 175 Å². The van der Waals surface area contributed by atoms with Crippen molar-refractivity contribution in [1.82, 2.24) is 9.97 Å². The minimum atomic E-state index is 0.200. The van der Waals surface area contributed by atoms with Crippen LogP contribution in [0.3, 0.4) is 0 Å². The average molecular weight is 627 g/mol. The maximum atomic E-state index is 6.48. The molecule has 2 aromatic heterocycles. The molecule has 4 nitrogen and oxygen atoms in total. The van der Waals surface area contributed by atoms with Crippen LogP contribution in [0, 0.1) is 5.92 Å². The number of benzene rings is 3. The number of nitrogen functional groups attached to an aromatic ring is 1. The van der Waals surface area contributed by atoms with E-state index < -0.39 is 0 Å². The summed E-state index contributed by atoms with van der Waals surface area (Å²) in [7, 11) is 0. The first-order valence-corrected chi connectivity index (χ1v) is 16.0. The number of fused-ring (bicyclic) bond motifs is 2. The molecule has 3 aromatic carbocycles. The molecule has 4 N–H and O–H groups in total. The van der Waals surface area contributed by atoms with Crippen LogP contribution in [0.2, 0.25) is 0 Å². The first-order valence-electron chi connectivity index (χ1n) is 16.0. The van der Waals surface area contributed by atoms with E-state index in [1.165, 1.54) is 0 Å². The van der Waals surface area contributed by atoms with E-state index in [4.69, 9.17) is 16.5 Å². The highest BCUT2D eigenvalue weighted by Crippen LogP contribution is 2.33. The topological polar surface area (TPSA) is 77.8 Å². The molecule has 4 heteroatoms. The zero-order valence-corrected chi connectivity index (χ0v) is 27.9. The predicted molar refractivity (Wildman–Crippen MR) is 209 cm³/mol. The Morgan fingerprint density at radius 2 is 1.65 bits per heavy atom. The van der Waals surface area contributed by atoms with E-state index in [-0.39, 0.29) is 5.92 Å². The van der Waals surface area contributed by atoms with Gasteiger partial charge in [0.05, 0.1) is 22.4 Å². The lowest BCUT2D eigenvalue weighted by molar-refractivity contribution is 0.891.